The molecule has 1 saturated carbocycles. The second kappa shape index (κ2) is 4.04. The first-order chi connectivity index (χ1) is 8.47. The second-order valence-corrected chi connectivity index (χ2v) is 4.20. The fourth-order valence-electron chi connectivity index (χ4n) is 2.09. The van der Waals surface area contributed by atoms with E-state index in [1.54, 1.807) is 0 Å². The third-order valence-electron chi connectivity index (χ3n) is 3.23. The van der Waals surface area contributed by atoms with E-state index >= 15 is 0 Å². The highest BCUT2D eigenvalue weighted by molar-refractivity contribution is 5.88. The molecule has 0 unspecified atom stereocenters. The number of hydrogen-bond donors (Lipinski definition) is 2. The Labute approximate surface area is 103 Å². The van der Waals surface area contributed by atoms with E-state index in [9.17, 15) is 19.4 Å². The van der Waals surface area contributed by atoms with Crippen LogP contribution in [0.4, 0.5) is 4.39 Å². The number of hydrogen-bond acceptors (Lipinski definition) is 4. The summed E-state index contributed by atoms with van der Waals surface area (Å²) in [5.74, 6) is -2.59. The minimum atomic E-state index is -1.27. The quantitative estimate of drug-likeness (QED) is 0.856. The van der Waals surface area contributed by atoms with Gasteiger partial charge in [-0.05, 0) is 12.8 Å². The lowest BCUT2D eigenvalue weighted by Gasteiger charge is -2.19. The first-order valence-corrected chi connectivity index (χ1v) is 5.35. The first-order valence-electron chi connectivity index (χ1n) is 5.35. The zero-order valence-electron chi connectivity index (χ0n) is 9.99. The molecule has 0 bridgehead atoms. The Kier molecular flexibility index (Phi) is 2.80. The summed E-state index contributed by atoms with van der Waals surface area (Å²) < 4.78 is 23.6. The van der Waals surface area contributed by atoms with Gasteiger partial charge in [-0.1, -0.05) is 0 Å². The van der Waals surface area contributed by atoms with E-state index in [0.717, 1.165) is 6.07 Å². The van der Waals surface area contributed by atoms with Crippen LogP contribution in [0, 0.1) is 5.82 Å². The van der Waals surface area contributed by atoms with E-state index in [1.165, 1.54) is 14.2 Å². The monoisotopic (exact) mass is 256 g/mol. The molecule has 1 fully saturated rings. The third kappa shape index (κ3) is 1.56. The number of phenols is 1. The van der Waals surface area contributed by atoms with Gasteiger partial charge in [0.1, 0.15) is 5.41 Å². The van der Waals surface area contributed by atoms with Gasteiger partial charge in [0.05, 0.1) is 19.8 Å². The highest BCUT2D eigenvalue weighted by atomic mass is 19.1. The summed E-state index contributed by atoms with van der Waals surface area (Å²) in [6.45, 7) is 0. The Morgan fingerprint density at radius 3 is 2.39 bits per heavy atom. The van der Waals surface area contributed by atoms with Crippen molar-refractivity contribution >= 4 is 5.97 Å². The van der Waals surface area contributed by atoms with Gasteiger partial charge in [-0.2, -0.15) is 0 Å². The number of aliphatic carboxylic acids is 1. The average molecular weight is 256 g/mol. The molecule has 18 heavy (non-hydrogen) atoms. The molecular formula is C12H13FO5. The fourth-order valence-corrected chi connectivity index (χ4v) is 2.09. The molecule has 0 amide bonds. The molecule has 2 rings (SSSR count). The van der Waals surface area contributed by atoms with Crippen molar-refractivity contribution in [2.24, 2.45) is 0 Å². The van der Waals surface area contributed by atoms with Gasteiger partial charge in [0.15, 0.2) is 23.1 Å². The first kappa shape index (κ1) is 12.5. The number of carboxylic acids is 1. The summed E-state index contributed by atoms with van der Waals surface area (Å²) in [5.41, 5.74) is -1.32. The molecule has 0 aliphatic heterocycles. The molecule has 98 valence electrons. The number of benzene rings is 1. The van der Waals surface area contributed by atoms with Crippen LogP contribution in [0.2, 0.25) is 0 Å². The Bertz CT molecular complexity index is 508. The number of methoxy groups -OCH3 is 2. The average Bonchev–Trinajstić information content (AvgIpc) is 3.12. The summed E-state index contributed by atoms with van der Waals surface area (Å²) in [6, 6.07) is 0.968. The van der Waals surface area contributed by atoms with E-state index in [1.807, 2.05) is 0 Å². The molecule has 0 spiro atoms. The van der Waals surface area contributed by atoms with Crippen molar-refractivity contribution < 1.29 is 28.9 Å². The minimum absolute atomic E-state index is 0.0469. The van der Waals surface area contributed by atoms with Crippen LogP contribution in [0.1, 0.15) is 18.4 Å². The molecule has 0 heterocycles. The summed E-state index contributed by atoms with van der Waals surface area (Å²) in [5, 5.41) is 19.0. The van der Waals surface area contributed by atoms with Crippen LogP contribution in [-0.2, 0) is 10.2 Å². The number of rotatable bonds is 4. The van der Waals surface area contributed by atoms with Crippen molar-refractivity contribution in [1.82, 2.24) is 0 Å². The van der Waals surface area contributed by atoms with Gasteiger partial charge in [-0.3, -0.25) is 4.79 Å². The molecule has 5 nitrogen and oxygen atoms in total. The largest absolute Gasteiger partial charge is 0.505 e. The summed E-state index contributed by atoms with van der Waals surface area (Å²) in [6.07, 6.45) is 0.664. The van der Waals surface area contributed by atoms with Crippen LogP contribution in [0.3, 0.4) is 0 Å². The third-order valence-corrected chi connectivity index (χ3v) is 3.23. The van der Waals surface area contributed by atoms with Crippen molar-refractivity contribution in [2.75, 3.05) is 14.2 Å². The van der Waals surface area contributed by atoms with E-state index < -0.39 is 23.0 Å². The topological polar surface area (TPSA) is 76.0 Å². The molecule has 2 N–H and O–H groups in total. The Hall–Kier alpha value is -1.98. The second-order valence-electron chi connectivity index (χ2n) is 4.20. The number of phenolic OH excluding ortho intramolecular Hbond substituents is 1. The Morgan fingerprint density at radius 2 is 2.00 bits per heavy atom. The standard InChI is InChI=1S/C12H13FO5/c1-17-7-5-6(13)9(14)8(10(7)18-2)12(3-4-12)11(15)16/h5,14H,3-4H2,1-2H3,(H,15,16). The number of ether oxygens (including phenoxy) is 2. The van der Waals surface area contributed by atoms with Crippen LogP contribution in [0.25, 0.3) is 0 Å². The number of aromatic hydroxyl groups is 1. The van der Waals surface area contributed by atoms with Crippen molar-refractivity contribution in [1.29, 1.82) is 0 Å². The maximum Gasteiger partial charge on any atom is 0.314 e. The zero-order chi connectivity index (χ0) is 13.5. The molecule has 1 aromatic rings. The van der Waals surface area contributed by atoms with E-state index in [2.05, 4.69) is 0 Å². The van der Waals surface area contributed by atoms with E-state index in [-0.39, 0.29) is 17.1 Å². The van der Waals surface area contributed by atoms with Crippen molar-refractivity contribution in [3.8, 4) is 17.2 Å². The van der Waals surface area contributed by atoms with Gasteiger partial charge in [-0.15, -0.1) is 0 Å². The van der Waals surface area contributed by atoms with Crippen molar-refractivity contribution in [3.05, 3.63) is 17.4 Å². The predicted molar refractivity (Wildman–Crippen MR) is 59.7 cm³/mol. The normalized spacial score (nSPS) is 16.2. The van der Waals surface area contributed by atoms with Crippen LogP contribution in [0.5, 0.6) is 17.2 Å². The van der Waals surface area contributed by atoms with Gasteiger partial charge in [0.25, 0.3) is 0 Å². The van der Waals surface area contributed by atoms with Gasteiger partial charge in [-0.25, -0.2) is 4.39 Å². The SMILES string of the molecule is COc1cc(F)c(O)c(C2(C(=O)O)CC2)c1OC. The van der Waals surface area contributed by atoms with Crippen LogP contribution in [-0.4, -0.2) is 30.4 Å². The van der Waals surface area contributed by atoms with Crippen LogP contribution >= 0.6 is 0 Å². The smallest absolute Gasteiger partial charge is 0.314 e. The lowest BCUT2D eigenvalue weighted by Crippen LogP contribution is -2.21. The zero-order valence-corrected chi connectivity index (χ0v) is 9.99. The molecule has 0 atom stereocenters. The van der Waals surface area contributed by atoms with Gasteiger partial charge >= 0.3 is 5.97 Å². The summed E-state index contributed by atoms with van der Waals surface area (Å²) >= 11 is 0. The lowest BCUT2D eigenvalue weighted by molar-refractivity contribution is -0.140. The van der Waals surface area contributed by atoms with Crippen LogP contribution in [0.15, 0.2) is 6.07 Å². The summed E-state index contributed by atoms with van der Waals surface area (Å²) in [7, 11) is 2.63. The number of halogens is 1. The molecular weight excluding hydrogens is 243 g/mol. The van der Waals surface area contributed by atoms with Gasteiger partial charge in [0.2, 0.25) is 0 Å². The fraction of sp³-hybridized carbons (Fsp3) is 0.417. The molecule has 6 heteroatoms. The highest BCUT2D eigenvalue weighted by Crippen LogP contribution is 2.57. The van der Waals surface area contributed by atoms with Crippen molar-refractivity contribution in [3.63, 3.8) is 0 Å². The predicted octanol–water partition coefficient (Wildman–Crippen LogP) is 1.66. The molecule has 0 saturated heterocycles. The minimum Gasteiger partial charge on any atom is -0.505 e. The number of carboxylic acid groups (broad SMARTS) is 1. The van der Waals surface area contributed by atoms with Gasteiger partial charge in [0, 0.05) is 6.07 Å². The Balaban J connectivity index is 2.72. The van der Waals surface area contributed by atoms with E-state index in [4.69, 9.17) is 9.47 Å². The molecule has 0 aromatic heterocycles. The highest BCUT2D eigenvalue weighted by Gasteiger charge is 2.56. The molecule has 1 aliphatic rings. The van der Waals surface area contributed by atoms with E-state index in [0.29, 0.717) is 12.8 Å². The maximum atomic E-state index is 13.6. The van der Waals surface area contributed by atoms with Gasteiger partial charge < -0.3 is 19.7 Å². The Morgan fingerprint density at radius 1 is 1.39 bits per heavy atom. The molecule has 0 radical (unpaired) electrons. The van der Waals surface area contributed by atoms with Crippen LogP contribution < -0.4 is 9.47 Å². The maximum absolute atomic E-state index is 13.6. The van der Waals surface area contributed by atoms with Crippen molar-refractivity contribution in [2.45, 2.75) is 18.3 Å². The molecule has 1 aromatic carbocycles. The molecule has 1 aliphatic carbocycles. The summed E-state index contributed by atoms with van der Waals surface area (Å²) in [4.78, 5) is 11.3. The number of carbonyl (C=O) groups is 1. The lowest BCUT2D eigenvalue weighted by atomic mass is 9.93.